The molecule has 0 atom stereocenters. The average molecular weight is 513 g/mol. The summed E-state index contributed by atoms with van der Waals surface area (Å²) in [6.07, 6.45) is 5.58. The lowest BCUT2D eigenvalue weighted by molar-refractivity contribution is 0.0524. The van der Waals surface area contributed by atoms with E-state index in [0.717, 1.165) is 46.3 Å². The Morgan fingerprint density at radius 3 is 2.61 bits per heavy atom. The average Bonchev–Trinajstić information content (AvgIpc) is 3.32. The van der Waals surface area contributed by atoms with Crippen LogP contribution in [0.5, 0.6) is 5.75 Å². The van der Waals surface area contributed by atoms with Crippen LogP contribution in [0.4, 0.5) is 10.6 Å². The number of fused-ring (bicyclic) bond motifs is 1. The standard InChI is InChI=1S/C29H32N6O3/c30-27-26-24(23-8-4-5-9-25(23)38-18-20-6-2-1-3-7-20)17-35(28(26)33-19-32-27)22-14-21(15-22)16-31-29(36)34-10-12-37-13-11-34/h1-9,17,19,21-22H,10-16,18H2,(H,31,36)(H2,30,32,33). The number of para-hydroxylation sites is 1. The number of morpholine rings is 1. The van der Waals surface area contributed by atoms with Gasteiger partial charge in [0.1, 0.15) is 30.1 Å². The summed E-state index contributed by atoms with van der Waals surface area (Å²) in [4.78, 5) is 23.2. The highest BCUT2D eigenvalue weighted by molar-refractivity contribution is 6.01. The van der Waals surface area contributed by atoms with E-state index in [1.54, 1.807) is 0 Å². The fraction of sp³-hybridized carbons (Fsp3) is 0.345. The minimum Gasteiger partial charge on any atom is -0.488 e. The van der Waals surface area contributed by atoms with Crippen molar-refractivity contribution in [3.63, 3.8) is 0 Å². The molecule has 2 aromatic heterocycles. The normalized spacial score (nSPS) is 19.2. The van der Waals surface area contributed by atoms with E-state index in [0.29, 0.717) is 51.2 Å². The molecule has 1 saturated heterocycles. The van der Waals surface area contributed by atoms with E-state index in [1.807, 2.05) is 41.3 Å². The van der Waals surface area contributed by atoms with Crippen molar-refractivity contribution in [3.05, 3.63) is 72.7 Å². The Hall–Kier alpha value is -4.11. The van der Waals surface area contributed by atoms with Crippen LogP contribution in [0, 0.1) is 5.92 Å². The summed E-state index contributed by atoms with van der Waals surface area (Å²) in [5, 5.41) is 3.94. The van der Waals surface area contributed by atoms with Crippen molar-refractivity contribution in [2.45, 2.75) is 25.5 Å². The van der Waals surface area contributed by atoms with Crippen LogP contribution in [-0.2, 0) is 11.3 Å². The minimum atomic E-state index is -0.00178. The van der Waals surface area contributed by atoms with E-state index < -0.39 is 0 Å². The number of nitrogens with two attached hydrogens (primary N) is 1. The summed E-state index contributed by atoms with van der Waals surface area (Å²) in [6.45, 7) is 3.65. The van der Waals surface area contributed by atoms with Gasteiger partial charge in [-0.3, -0.25) is 0 Å². The molecule has 0 unspecified atom stereocenters. The number of amides is 2. The molecule has 0 spiro atoms. The van der Waals surface area contributed by atoms with Crippen molar-refractivity contribution in [2.75, 3.05) is 38.6 Å². The first-order chi connectivity index (χ1) is 18.7. The maximum atomic E-state index is 12.5. The number of carbonyl (C=O) groups excluding carboxylic acids is 1. The summed E-state index contributed by atoms with van der Waals surface area (Å²) in [5.41, 5.74) is 10.3. The molecule has 2 amide bonds. The zero-order valence-electron chi connectivity index (χ0n) is 21.3. The number of urea groups is 1. The highest BCUT2D eigenvalue weighted by Gasteiger charge is 2.33. The lowest BCUT2D eigenvalue weighted by Gasteiger charge is -2.37. The van der Waals surface area contributed by atoms with Crippen molar-refractivity contribution in [1.29, 1.82) is 0 Å². The van der Waals surface area contributed by atoms with Crippen LogP contribution in [0.15, 0.2) is 67.1 Å². The van der Waals surface area contributed by atoms with E-state index >= 15 is 0 Å². The molecule has 1 aliphatic heterocycles. The van der Waals surface area contributed by atoms with Gasteiger partial charge in [-0.2, -0.15) is 0 Å². The monoisotopic (exact) mass is 512 g/mol. The van der Waals surface area contributed by atoms with Gasteiger partial charge in [0.05, 0.1) is 18.6 Å². The van der Waals surface area contributed by atoms with Crippen molar-refractivity contribution in [2.24, 2.45) is 5.92 Å². The number of hydrogen-bond acceptors (Lipinski definition) is 6. The number of hydrogen-bond donors (Lipinski definition) is 2. The molecular formula is C29H32N6O3. The molecule has 2 aliphatic rings. The SMILES string of the molecule is Nc1ncnc2c1c(-c1ccccc1OCc1ccccc1)cn2C1CC(CNC(=O)N2CCOCC2)C1. The van der Waals surface area contributed by atoms with Gasteiger partial charge in [0.25, 0.3) is 0 Å². The molecule has 3 heterocycles. The fourth-order valence-corrected chi connectivity index (χ4v) is 5.35. The van der Waals surface area contributed by atoms with Gasteiger partial charge >= 0.3 is 6.03 Å². The lowest BCUT2D eigenvalue weighted by atomic mass is 9.80. The summed E-state index contributed by atoms with van der Waals surface area (Å²) in [5.74, 6) is 1.66. The van der Waals surface area contributed by atoms with Gasteiger partial charge in [-0.25, -0.2) is 14.8 Å². The molecule has 6 rings (SSSR count). The van der Waals surface area contributed by atoms with Gasteiger partial charge in [-0.1, -0.05) is 48.5 Å². The first-order valence-electron chi connectivity index (χ1n) is 13.1. The number of ether oxygens (including phenoxy) is 2. The smallest absolute Gasteiger partial charge is 0.317 e. The lowest BCUT2D eigenvalue weighted by Crippen LogP contribution is -2.48. The maximum Gasteiger partial charge on any atom is 0.317 e. The maximum absolute atomic E-state index is 12.5. The number of benzene rings is 2. The minimum absolute atomic E-state index is 0.00178. The van der Waals surface area contributed by atoms with Gasteiger partial charge in [-0.05, 0) is 30.4 Å². The molecule has 0 radical (unpaired) electrons. The molecule has 196 valence electrons. The Bertz CT molecular complexity index is 1410. The first-order valence-corrected chi connectivity index (χ1v) is 13.1. The summed E-state index contributed by atoms with van der Waals surface area (Å²) in [7, 11) is 0. The number of anilines is 1. The topological polar surface area (TPSA) is 108 Å². The van der Waals surface area contributed by atoms with Crippen LogP contribution in [0.25, 0.3) is 22.2 Å². The van der Waals surface area contributed by atoms with Crippen LogP contribution in [0.1, 0.15) is 24.4 Å². The largest absolute Gasteiger partial charge is 0.488 e. The Balaban J connectivity index is 1.20. The molecule has 9 heteroatoms. The molecule has 2 aromatic carbocycles. The Kier molecular flexibility index (Phi) is 6.83. The van der Waals surface area contributed by atoms with E-state index in [9.17, 15) is 4.79 Å². The van der Waals surface area contributed by atoms with E-state index in [4.69, 9.17) is 15.2 Å². The quantitative estimate of drug-likeness (QED) is 0.383. The number of rotatable bonds is 7. The Labute approximate surface area is 221 Å². The molecular weight excluding hydrogens is 480 g/mol. The molecule has 38 heavy (non-hydrogen) atoms. The van der Waals surface area contributed by atoms with Crippen molar-refractivity contribution in [3.8, 4) is 16.9 Å². The van der Waals surface area contributed by atoms with Crippen LogP contribution >= 0.6 is 0 Å². The second-order valence-corrected chi connectivity index (χ2v) is 9.95. The second-order valence-electron chi connectivity index (χ2n) is 9.95. The molecule has 2 fully saturated rings. The van der Waals surface area contributed by atoms with Crippen LogP contribution < -0.4 is 15.8 Å². The Morgan fingerprint density at radius 2 is 1.79 bits per heavy atom. The van der Waals surface area contributed by atoms with Crippen molar-refractivity contribution in [1.82, 2.24) is 24.8 Å². The zero-order valence-corrected chi connectivity index (χ0v) is 21.3. The van der Waals surface area contributed by atoms with Crippen molar-refractivity contribution >= 4 is 22.9 Å². The highest BCUT2D eigenvalue weighted by Crippen LogP contribution is 2.44. The molecule has 9 nitrogen and oxygen atoms in total. The van der Waals surface area contributed by atoms with Gasteiger partial charge in [-0.15, -0.1) is 0 Å². The second kappa shape index (κ2) is 10.7. The van der Waals surface area contributed by atoms with Crippen molar-refractivity contribution < 1.29 is 14.3 Å². The fourth-order valence-electron chi connectivity index (χ4n) is 5.35. The van der Waals surface area contributed by atoms with Gasteiger partial charge in [0.15, 0.2) is 0 Å². The third kappa shape index (κ3) is 4.89. The number of nitrogen functional groups attached to an aromatic ring is 1. The van der Waals surface area contributed by atoms with Crippen LogP contribution in [0.2, 0.25) is 0 Å². The number of nitrogens with one attached hydrogen (secondary N) is 1. The molecule has 0 bridgehead atoms. The van der Waals surface area contributed by atoms with Gasteiger partial charge < -0.3 is 30.0 Å². The zero-order chi connectivity index (χ0) is 25.9. The molecule has 3 N–H and O–H groups in total. The van der Waals surface area contributed by atoms with Gasteiger partial charge in [0, 0.05) is 43.0 Å². The van der Waals surface area contributed by atoms with Crippen LogP contribution in [-0.4, -0.2) is 58.3 Å². The Morgan fingerprint density at radius 1 is 1.03 bits per heavy atom. The van der Waals surface area contributed by atoms with Crippen LogP contribution in [0.3, 0.4) is 0 Å². The number of carbonyl (C=O) groups is 1. The predicted octanol–water partition coefficient (Wildman–Crippen LogP) is 4.25. The third-order valence-electron chi connectivity index (χ3n) is 7.50. The predicted molar refractivity (Wildman–Crippen MR) is 146 cm³/mol. The highest BCUT2D eigenvalue weighted by atomic mass is 16.5. The first kappa shape index (κ1) is 24.2. The van der Waals surface area contributed by atoms with E-state index in [1.165, 1.54) is 6.33 Å². The summed E-state index contributed by atoms with van der Waals surface area (Å²) < 4.78 is 13.8. The summed E-state index contributed by atoms with van der Waals surface area (Å²) in [6, 6.07) is 18.4. The van der Waals surface area contributed by atoms with E-state index in [-0.39, 0.29) is 12.1 Å². The molecule has 1 saturated carbocycles. The molecule has 4 aromatic rings. The van der Waals surface area contributed by atoms with Gasteiger partial charge in [0.2, 0.25) is 0 Å². The number of nitrogens with zero attached hydrogens (tertiary/aromatic N) is 4. The molecule has 1 aliphatic carbocycles. The third-order valence-corrected chi connectivity index (χ3v) is 7.50. The number of aromatic nitrogens is 3. The summed E-state index contributed by atoms with van der Waals surface area (Å²) >= 11 is 0. The van der Waals surface area contributed by atoms with E-state index in [2.05, 4.69) is 44.2 Å².